The fourth-order valence-electron chi connectivity index (χ4n) is 8.07. The Labute approximate surface area is 301 Å². The van der Waals surface area contributed by atoms with Crippen LogP contribution in [0.2, 0.25) is 0 Å². The predicted molar refractivity (Wildman–Crippen MR) is 205 cm³/mol. The summed E-state index contributed by atoms with van der Waals surface area (Å²) >= 11 is 0. The summed E-state index contributed by atoms with van der Waals surface area (Å²) in [5.74, 6) is 1.74. The van der Waals surface area contributed by atoms with Crippen LogP contribution in [0.1, 0.15) is 60.1 Å². The number of methoxy groups -OCH3 is 1. The van der Waals surface area contributed by atoms with Crippen molar-refractivity contribution in [2.75, 3.05) is 26.9 Å². The molecule has 4 nitrogen and oxygen atoms in total. The van der Waals surface area contributed by atoms with Crippen LogP contribution in [0.25, 0.3) is 22.3 Å². The molecule has 2 aliphatic carbocycles. The van der Waals surface area contributed by atoms with Gasteiger partial charge in [0.1, 0.15) is 17.1 Å². The number of ether oxygens (including phenoxy) is 4. The smallest absolute Gasteiger partial charge is 0.145 e. The zero-order valence-corrected chi connectivity index (χ0v) is 29.6. The zero-order chi connectivity index (χ0) is 34.8. The lowest BCUT2D eigenvalue weighted by molar-refractivity contribution is -0.0434. The van der Waals surface area contributed by atoms with Crippen LogP contribution in [0, 0.1) is 0 Å². The summed E-state index contributed by atoms with van der Waals surface area (Å²) in [6.45, 7) is 6.10. The Morgan fingerprint density at radius 3 is 1.33 bits per heavy atom. The first-order valence-corrected chi connectivity index (χ1v) is 18.1. The minimum absolute atomic E-state index is 0.0375. The van der Waals surface area contributed by atoms with Gasteiger partial charge in [0.15, 0.2) is 0 Å². The molecule has 1 unspecified atom stereocenters. The third kappa shape index (κ3) is 5.73. The first kappa shape index (κ1) is 33.0. The van der Waals surface area contributed by atoms with Crippen LogP contribution >= 0.6 is 0 Å². The van der Waals surface area contributed by atoms with E-state index in [1.54, 1.807) is 7.11 Å². The third-order valence-corrected chi connectivity index (χ3v) is 10.8. The molecular weight excluding hydrogens is 629 g/mol. The van der Waals surface area contributed by atoms with E-state index in [0.717, 1.165) is 41.0 Å². The minimum atomic E-state index is -0.724. The summed E-state index contributed by atoms with van der Waals surface area (Å²) in [6, 6.07) is 51.7. The second-order valence-electron chi connectivity index (χ2n) is 13.8. The van der Waals surface area contributed by atoms with Crippen LogP contribution in [0.3, 0.4) is 0 Å². The fraction of sp³-hybridized carbons (Fsp3) is 0.234. The lowest BCUT2D eigenvalue weighted by atomic mass is 9.74. The molecule has 0 fully saturated rings. The number of hydrogen-bond acceptors (Lipinski definition) is 4. The van der Waals surface area contributed by atoms with E-state index in [4.69, 9.17) is 18.9 Å². The van der Waals surface area contributed by atoms with Crippen molar-refractivity contribution in [1.82, 2.24) is 0 Å². The lowest BCUT2D eigenvalue weighted by Crippen LogP contribution is -2.33. The standard InChI is InChI=1S/C47H44O4/c1-33(48-3)32-51-47(44-20-10-6-16-40(44)41-17-7-11-21-45(41)47)35-24-28-37(29-25-35)50-31-13-12-30-49-36-26-22-34(23-27-36)46(2)42-18-8-4-14-38(42)39-15-5-9-19-43(39)46/h4-11,14-29,33H,12-13,30-32H2,1-3H3. The van der Waals surface area contributed by atoms with Gasteiger partial charge >= 0.3 is 0 Å². The Hall–Kier alpha value is -5.16. The van der Waals surface area contributed by atoms with Crippen LogP contribution in [0.5, 0.6) is 11.5 Å². The topological polar surface area (TPSA) is 36.9 Å². The van der Waals surface area contributed by atoms with Crippen LogP contribution in [-0.2, 0) is 20.5 Å². The van der Waals surface area contributed by atoms with Crippen LogP contribution < -0.4 is 9.47 Å². The van der Waals surface area contributed by atoms with Gasteiger partial charge in [0, 0.05) is 23.7 Å². The van der Waals surface area contributed by atoms with E-state index in [-0.39, 0.29) is 11.5 Å². The van der Waals surface area contributed by atoms with Gasteiger partial charge in [-0.15, -0.1) is 0 Å². The molecule has 0 spiro atoms. The second kappa shape index (κ2) is 13.9. The monoisotopic (exact) mass is 672 g/mol. The molecule has 0 saturated heterocycles. The highest BCUT2D eigenvalue weighted by Gasteiger charge is 2.46. The Bertz CT molecular complexity index is 2040. The SMILES string of the molecule is COC(C)COC1(c2ccc(OCCCCOc3ccc(C4(C)c5ccccc5-c5ccccc54)cc3)cc2)c2ccccc2-c2ccccc21. The van der Waals surface area contributed by atoms with Gasteiger partial charge in [-0.25, -0.2) is 0 Å². The van der Waals surface area contributed by atoms with E-state index < -0.39 is 5.60 Å². The van der Waals surface area contributed by atoms with E-state index in [1.165, 1.54) is 38.9 Å². The summed E-state index contributed by atoms with van der Waals surface area (Å²) < 4.78 is 24.8. The van der Waals surface area contributed by atoms with Crippen LogP contribution in [0.4, 0.5) is 0 Å². The first-order chi connectivity index (χ1) is 25.0. The lowest BCUT2D eigenvalue weighted by Gasteiger charge is -2.34. The van der Waals surface area contributed by atoms with Gasteiger partial charge in [-0.05, 0) is 95.5 Å². The molecule has 0 radical (unpaired) electrons. The highest BCUT2D eigenvalue weighted by molar-refractivity contribution is 5.84. The normalized spacial score (nSPS) is 15.0. The highest BCUT2D eigenvalue weighted by atomic mass is 16.5. The molecule has 8 rings (SSSR count). The Kier molecular flexibility index (Phi) is 8.97. The highest BCUT2D eigenvalue weighted by Crippen LogP contribution is 2.54. The van der Waals surface area contributed by atoms with Crippen molar-refractivity contribution >= 4 is 0 Å². The quantitative estimate of drug-likeness (QED) is 0.114. The first-order valence-electron chi connectivity index (χ1n) is 18.1. The maximum Gasteiger partial charge on any atom is 0.145 e. The van der Waals surface area contributed by atoms with Crippen LogP contribution in [-0.4, -0.2) is 33.0 Å². The summed E-state index contributed by atoms with van der Waals surface area (Å²) in [7, 11) is 1.72. The van der Waals surface area contributed by atoms with Crippen molar-refractivity contribution in [1.29, 1.82) is 0 Å². The molecule has 0 saturated carbocycles. The van der Waals surface area contributed by atoms with Crippen molar-refractivity contribution in [2.45, 2.75) is 43.8 Å². The van der Waals surface area contributed by atoms with E-state index in [9.17, 15) is 0 Å². The Morgan fingerprint density at radius 2 is 0.882 bits per heavy atom. The summed E-state index contributed by atoms with van der Waals surface area (Å²) in [5, 5.41) is 0. The molecule has 0 aliphatic heterocycles. The summed E-state index contributed by atoms with van der Waals surface area (Å²) in [5.41, 5.74) is 11.5. The summed E-state index contributed by atoms with van der Waals surface area (Å²) in [4.78, 5) is 0. The van der Waals surface area contributed by atoms with Gasteiger partial charge in [-0.1, -0.05) is 121 Å². The van der Waals surface area contributed by atoms with Crippen molar-refractivity contribution in [3.8, 4) is 33.8 Å². The molecule has 51 heavy (non-hydrogen) atoms. The largest absolute Gasteiger partial charge is 0.494 e. The maximum absolute atomic E-state index is 6.87. The Morgan fingerprint density at radius 1 is 0.490 bits per heavy atom. The van der Waals surface area contributed by atoms with Gasteiger partial charge in [-0.3, -0.25) is 0 Å². The zero-order valence-electron chi connectivity index (χ0n) is 29.6. The van der Waals surface area contributed by atoms with Crippen LogP contribution in [0.15, 0.2) is 146 Å². The molecule has 6 aromatic rings. The predicted octanol–water partition coefficient (Wildman–Crippen LogP) is 10.6. The van der Waals surface area contributed by atoms with Gasteiger partial charge in [0.05, 0.1) is 25.9 Å². The molecule has 0 amide bonds. The molecule has 0 N–H and O–H groups in total. The number of unbranched alkanes of at least 4 members (excludes halogenated alkanes) is 1. The van der Waals surface area contributed by atoms with Gasteiger partial charge in [0.2, 0.25) is 0 Å². The maximum atomic E-state index is 6.87. The van der Waals surface area contributed by atoms with E-state index in [1.807, 2.05) is 6.92 Å². The average Bonchev–Trinajstić information content (AvgIpc) is 3.63. The number of hydrogen-bond donors (Lipinski definition) is 0. The minimum Gasteiger partial charge on any atom is -0.494 e. The second-order valence-corrected chi connectivity index (χ2v) is 13.8. The molecular formula is C47H44O4. The van der Waals surface area contributed by atoms with Gasteiger partial charge in [-0.2, -0.15) is 0 Å². The molecule has 6 aromatic carbocycles. The molecule has 0 bridgehead atoms. The molecule has 0 aromatic heterocycles. The number of benzene rings is 6. The fourth-order valence-corrected chi connectivity index (χ4v) is 8.07. The van der Waals surface area contributed by atoms with Crippen molar-refractivity contribution < 1.29 is 18.9 Å². The Balaban J connectivity index is 0.886. The van der Waals surface area contributed by atoms with E-state index >= 15 is 0 Å². The van der Waals surface area contributed by atoms with E-state index in [0.29, 0.717) is 19.8 Å². The van der Waals surface area contributed by atoms with Gasteiger partial charge < -0.3 is 18.9 Å². The average molecular weight is 673 g/mol. The number of fused-ring (bicyclic) bond motifs is 6. The number of rotatable bonds is 13. The van der Waals surface area contributed by atoms with Crippen molar-refractivity contribution in [3.63, 3.8) is 0 Å². The van der Waals surface area contributed by atoms with E-state index in [2.05, 4.69) is 153 Å². The van der Waals surface area contributed by atoms with Gasteiger partial charge in [0.25, 0.3) is 0 Å². The third-order valence-electron chi connectivity index (χ3n) is 10.8. The molecule has 1 atom stereocenters. The van der Waals surface area contributed by atoms with Crippen molar-refractivity contribution in [2.24, 2.45) is 0 Å². The molecule has 2 aliphatic rings. The van der Waals surface area contributed by atoms with Crippen molar-refractivity contribution in [3.05, 3.63) is 179 Å². The molecule has 4 heteroatoms. The molecule has 0 heterocycles. The summed E-state index contributed by atoms with van der Waals surface area (Å²) in [6.07, 6.45) is 1.76. The molecule has 256 valence electrons.